The van der Waals surface area contributed by atoms with Gasteiger partial charge in [-0.05, 0) is 36.8 Å². The number of nitrogens with zero attached hydrogens (tertiary/aromatic N) is 3. The second-order valence-corrected chi connectivity index (χ2v) is 7.65. The Kier molecular flexibility index (Phi) is 3.98. The molecule has 0 amide bonds. The molecule has 0 aliphatic heterocycles. The van der Waals surface area contributed by atoms with Gasteiger partial charge in [0.05, 0.1) is 16.6 Å². The average molecular weight is 386 g/mol. The second-order valence-electron chi connectivity index (χ2n) is 6.45. The molecule has 0 radical (unpaired) electrons. The van der Waals surface area contributed by atoms with Gasteiger partial charge in [-0.2, -0.15) is 0 Å². The topological polar surface area (TPSA) is 50.7 Å². The first-order valence-corrected chi connectivity index (χ1v) is 9.63. The van der Waals surface area contributed by atoms with E-state index >= 15 is 0 Å². The molecule has 136 valence electrons. The highest BCUT2D eigenvalue weighted by Gasteiger charge is 2.17. The fraction of sp³-hybridized carbons (Fsp3) is 0.0455. The summed E-state index contributed by atoms with van der Waals surface area (Å²) >= 11 is 1.61. The number of halogens is 1. The monoisotopic (exact) mass is 386 g/mol. The van der Waals surface area contributed by atoms with Crippen LogP contribution in [0.15, 0.2) is 67.1 Å². The summed E-state index contributed by atoms with van der Waals surface area (Å²) in [6.45, 7) is 2.05. The molecule has 0 unspecified atom stereocenters. The van der Waals surface area contributed by atoms with E-state index in [2.05, 4.69) is 20.3 Å². The number of anilines is 2. The number of thiophene rings is 1. The Hall–Kier alpha value is -3.38. The molecule has 0 aliphatic carbocycles. The van der Waals surface area contributed by atoms with Crippen molar-refractivity contribution in [2.75, 3.05) is 5.32 Å². The Morgan fingerprint density at radius 1 is 0.929 bits per heavy atom. The van der Waals surface area contributed by atoms with E-state index in [0.29, 0.717) is 5.82 Å². The SMILES string of the molecule is Cc1sc2ncnc(Nc3cccc4cccnc34)c2c1-c1ccc(F)cc1. The first kappa shape index (κ1) is 16.8. The molecule has 5 rings (SSSR count). The molecular formula is C22H15FN4S. The summed E-state index contributed by atoms with van der Waals surface area (Å²) < 4.78 is 13.4. The predicted octanol–water partition coefficient (Wildman–Crippen LogP) is 6.10. The quantitative estimate of drug-likeness (QED) is 0.407. The van der Waals surface area contributed by atoms with Crippen LogP contribution in [-0.2, 0) is 0 Å². The van der Waals surface area contributed by atoms with Crippen LogP contribution < -0.4 is 5.32 Å². The molecule has 4 nitrogen and oxygen atoms in total. The van der Waals surface area contributed by atoms with Crippen LogP contribution in [0.5, 0.6) is 0 Å². The lowest BCUT2D eigenvalue weighted by Crippen LogP contribution is -1.97. The zero-order chi connectivity index (χ0) is 19.1. The number of pyridine rings is 1. The third-order valence-corrected chi connectivity index (χ3v) is 5.70. The number of aryl methyl sites for hydroxylation is 1. The number of hydrogen-bond acceptors (Lipinski definition) is 5. The highest BCUT2D eigenvalue weighted by atomic mass is 32.1. The van der Waals surface area contributed by atoms with Crippen LogP contribution in [0.25, 0.3) is 32.2 Å². The highest BCUT2D eigenvalue weighted by Crippen LogP contribution is 2.41. The van der Waals surface area contributed by atoms with Gasteiger partial charge in [0.1, 0.15) is 22.8 Å². The molecule has 2 aromatic carbocycles. The van der Waals surface area contributed by atoms with Crippen molar-refractivity contribution < 1.29 is 4.39 Å². The maximum absolute atomic E-state index is 13.4. The van der Waals surface area contributed by atoms with Crippen molar-refractivity contribution in [3.8, 4) is 11.1 Å². The lowest BCUT2D eigenvalue weighted by molar-refractivity contribution is 0.628. The predicted molar refractivity (Wildman–Crippen MR) is 113 cm³/mol. The minimum Gasteiger partial charge on any atom is -0.338 e. The average Bonchev–Trinajstić information content (AvgIpc) is 3.06. The number of benzene rings is 2. The Morgan fingerprint density at radius 2 is 1.75 bits per heavy atom. The van der Waals surface area contributed by atoms with Crippen LogP contribution in [0, 0.1) is 12.7 Å². The van der Waals surface area contributed by atoms with E-state index in [0.717, 1.165) is 42.8 Å². The van der Waals surface area contributed by atoms with Gasteiger partial charge in [-0.25, -0.2) is 14.4 Å². The number of fused-ring (bicyclic) bond motifs is 2. The molecule has 0 fully saturated rings. The number of para-hydroxylation sites is 1. The largest absolute Gasteiger partial charge is 0.338 e. The lowest BCUT2D eigenvalue weighted by atomic mass is 10.0. The molecule has 0 saturated carbocycles. The van der Waals surface area contributed by atoms with Crippen molar-refractivity contribution in [2.45, 2.75) is 6.92 Å². The minimum absolute atomic E-state index is 0.252. The molecular weight excluding hydrogens is 371 g/mol. The standard InChI is InChI=1S/C22H15FN4S/c1-13-18(14-7-9-16(23)10-8-14)19-21(25-12-26-22(19)28-13)27-17-6-2-4-15-5-3-11-24-20(15)17/h2-12H,1H3,(H,25,26,27). The van der Waals surface area contributed by atoms with Crippen molar-refractivity contribution in [2.24, 2.45) is 0 Å². The van der Waals surface area contributed by atoms with E-state index in [1.165, 1.54) is 12.1 Å². The summed E-state index contributed by atoms with van der Waals surface area (Å²) in [5.41, 5.74) is 3.73. The molecule has 1 N–H and O–H groups in total. The summed E-state index contributed by atoms with van der Waals surface area (Å²) in [5.74, 6) is 0.462. The van der Waals surface area contributed by atoms with Crippen LogP contribution in [0.4, 0.5) is 15.9 Å². The van der Waals surface area contributed by atoms with E-state index in [1.807, 2.05) is 37.3 Å². The van der Waals surface area contributed by atoms with Gasteiger partial charge in [0.25, 0.3) is 0 Å². The van der Waals surface area contributed by atoms with Gasteiger partial charge in [-0.15, -0.1) is 11.3 Å². The maximum atomic E-state index is 13.4. The van der Waals surface area contributed by atoms with E-state index < -0.39 is 0 Å². The zero-order valence-corrected chi connectivity index (χ0v) is 15.8. The fourth-order valence-corrected chi connectivity index (χ4v) is 4.45. The summed E-state index contributed by atoms with van der Waals surface area (Å²) in [4.78, 5) is 15.5. The minimum atomic E-state index is -0.252. The van der Waals surface area contributed by atoms with Crippen LogP contribution >= 0.6 is 11.3 Å². The van der Waals surface area contributed by atoms with Gasteiger partial charge in [0.15, 0.2) is 0 Å². The zero-order valence-electron chi connectivity index (χ0n) is 15.0. The van der Waals surface area contributed by atoms with Crippen molar-refractivity contribution in [1.82, 2.24) is 15.0 Å². The Bertz CT molecular complexity index is 1310. The van der Waals surface area contributed by atoms with E-state index in [9.17, 15) is 4.39 Å². The van der Waals surface area contributed by atoms with E-state index in [4.69, 9.17) is 0 Å². The summed E-state index contributed by atoms with van der Waals surface area (Å²) in [6, 6.07) is 16.5. The number of nitrogens with one attached hydrogen (secondary N) is 1. The molecule has 6 heteroatoms. The highest BCUT2D eigenvalue weighted by molar-refractivity contribution is 7.19. The molecule has 0 bridgehead atoms. The van der Waals surface area contributed by atoms with Gasteiger partial charge in [-0.1, -0.05) is 30.3 Å². The summed E-state index contributed by atoms with van der Waals surface area (Å²) in [6.07, 6.45) is 3.34. The Morgan fingerprint density at radius 3 is 2.61 bits per heavy atom. The second kappa shape index (κ2) is 6.65. The van der Waals surface area contributed by atoms with E-state index in [-0.39, 0.29) is 5.82 Å². The molecule has 0 saturated heterocycles. The van der Waals surface area contributed by atoms with Crippen molar-refractivity contribution in [3.63, 3.8) is 0 Å². The van der Waals surface area contributed by atoms with Gasteiger partial charge >= 0.3 is 0 Å². The third kappa shape index (κ3) is 2.78. The smallest absolute Gasteiger partial charge is 0.143 e. The van der Waals surface area contributed by atoms with Crippen LogP contribution in [0.3, 0.4) is 0 Å². The first-order valence-electron chi connectivity index (χ1n) is 8.81. The van der Waals surface area contributed by atoms with Crippen LogP contribution in [0.2, 0.25) is 0 Å². The summed E-state index contributed by atoms with van der Waals surface area (Å²) in [7, 11) is 0. The van der Waals surface area contributed by atoms with Crippen LogP contribution in [0.1, 0.15) is 4.88 Å². The van der Waals surface area contributed by atoms with E-state index in [1.54, 1.807) is 36.0 Å². The number of rotatable bonds is 3. The fourth-order valence-electron chi connectivity index (χ4n) is 3.44. The van der Waals surface area contributed by atoms with Gasteiger partial charge in [0.2, 0.25) is 0 Å². The normalized spacial score (nSPS) is 11.2. The Labute approximate surface area is 164 Å². The molecule has 28 heavy (non-hydrogen) atoms. The van der Waals surface area contributed by atoms with Crippen LogP contribution in [-0.4, -0.2) is 15.0 Å². The van der Waals surface area contributed by atoms with Gasteiger partial charge < -0.3 is 5.32 Å². The molecule has 0 aliphatic rings. The van der Waals surface area contributed by atoms with Crippen molar-refractivity contribution in [1.29, 1.82) is 0 Å². The third-order valence-electron chi connectivity index (χ3n) is 4.68. The van der Waals surface area contributed by atoms with Gasteiger partial charge in [0, 0.05) is 22.0 Å². The Balaban J connectivity index is 1.71. The molecule has 3 aromatic heterocycles. The first-order chi connectivity index (χ1) is 13.7. The number of aromatic nitrogens is 3. The summed E-state index contributed by atoms with van der Waals surface area (Å²) in [5, 5.41) is 5.43. The van der Waals surface area contributed by atoms with Crippen molar-refractivity contribution in [3.05, 3.63) is 77.8 Å². The van der Waals surface area contributed by atoms with Gasteiger partial charge in [-0.3, -0.25) is 4.98 Å². The van der Waals surface area contributed by atoms with Crippen molar-refractivity contribution >= 4 is 44.0 Å². The molecule has 5 aromatic rings. The molecule has 0 spiro atoms. The number of hydrogen-bond donors (Lipinski definition) is 1. The molecule has 0 atom stereocenters. The molecule has 3 heterocycles. The maximum Gasteiger partial charge on any atom is 0.143 e. The lowest BCUT2D eigenvalue weighted by Gasteiger charge is -2.11.